The van der Waals surface area contributed by atoms with Gasteiger partial charge in [0.2, 0.25) is 11.7 Å². The van der Waals surface area contributed by atoms with Gasteiger partial charge in [-0.2, -0.15) is 5.21 Å². The zero-order valence-electron chi connectivity index (χ0n) is 18.8. The molecule has 0 bridgehead atoms. The molecule has 34 heavy (non-hydrogen) atoms. The fourth-order valence-corrected chi connectivity index (χ4v) is 3.39. The highest BCUT2D eigenvalue weighted by atomic mass is 16.5. The summed E-state index contributed by atoms with van der Waals surface area (Å²) in [5, 5.41) is 16.6. The summed E-state index contributed by atoms with van der Waals surface area (Å²) in [5.41, 5.74) is 1.18. The molecule has 0 aliphatic rings. The summed E-state index contributed by atoms with van der Waals surface area (Å²) in [4.78, 5) is 25.0. The molecule has 2 heterocycles. The summed E-state index contributed by atoms with van der Waals surface area (Å²) in [5.74, 6) is 0.738. The SMILES string of the molecule is CCCCCCOc1ccc(/C=C/C(=O)Nc2cccc3c(=O)cc(-c4nn[nH]n4)oc23)cc1. The number of carbonyl (C=O) groups excluding carboxylic acids is 1. The maximum absolute atomic E-state index is 12.5. The van der Waals surface area contributed by atoms with Crippen LogP contribution in [0, 0.1) is 0 Å². The van der Waals surface area contributed by atoms with Gasteiger partial charge >= 0.3 is 0 Å². The molecule has 0 saturated heterocycles. The maximum atomic E-state index is 12.5. The summed E-state index contributed by atoms with van der Waals surface area (Å²) < 4.78 is 11.6. The van der Waals surface area contributed by atoms with Crippen LogP contribution in [-0.4, -0.2) is 33.1 Å². The van der Waals surface area contributed by atoms with E-state index in [1.165, 1.54) is 31.4 Å². The number of hydrogen-bond acceptors (Lipinski definition) is 7. The molecule has 2 aromatic carbocycles. The van der Waals surface area contributed by atoms with Crippen LogP contribution < -0.4 is 15.5 Å². The number of aromatic amines is 1. The Morgan fingerprint density at radius 3 is 2.76 bits per heavy atom. The normalized spacial score (nSPS) is 11.2. The first-order valence-electron chi connectivity index (χ1n) is 11.2. The van der Waals surface area contributed by atoms with E-state index in [-0.39, 0.29) is 28.5 Å². The topological polar surface area (TPSA) is 123 Å². The first-order chi connectivity index (χ1) is 16.6. The molecule has 0 spiro atoms. The third-order valence-electron chi connectivity index (χ3n) is 5.15. The van der Waals surface area contributed by atoms with E-state index in [1.807, 2.05) is 24.3 Å². The highest BCUT2D eigenvalue weighted by Crippen LogP contribution is 2.25. The Morgan fingerprint density at radius 1 is 1.15 bits per heavy atom. The van der Waals surface area contributed by atoms with Gasteiger partial charge in [-0.25, -0.2) is 0 Å². The van der Waals surface area contributed by atoms with E-state index in [4.69, 9.17) is 9.15 Å². The van der Waals surface area contributed by atoms with Crippen LogP contribution in [0.25, 0.3) is 28.6 Å². The second-order valence-electron chi connectivity index (χ2n) is 7.69. The molecule has 0 saturated carbocycles. The highest BCUT2D eigenvalue weighted by molar-refractivity contribution is 6.06. The number of fused-ring (bicyclic) bond motifs is 1. The Labute approximate surface area is 195 Å². The van der Waals surface area contributed by atoms with E-state index in [1.54, 1.807) is 24.3 Å². The average molecular weight is 460 g/mol. The molecule has 1 amide bonds. The number of para-hydroxylation sites is 1. The van der Waals surface area contributed by atoms with E-state index in [9.17, 15) is 9.59 Å². The Kier molecular flexibility index (Phi) is 7.44. The molecule has 0 atom stereocenters. The minimum Gasteiger partial charge on any atom is -0.494 e. The molecule has 0 fully saturated rings. The van der Waals surface area contributed by atoms with Gasteiger partial charge in [0.1, 0.15) is 5.75 Å². The fraction of sp³-hybridized carbons (Fsp3) is 0.240. The lowest BCUT2D eigenvalue weighted by atomic mass is 10.2. The molecule has 9 nitrogen and oxygen atoms in total. The zero-order chi connectivity index (χ0) is 23.8. The van der Waals surface area contributed by atoms with E-state index >= 15 is 0 Å². The third kappa shape index (κ3) is 5.74. The Hall–Kier alpha value is -4.27. The zero-order valence-corrected chi connectivity index (χ0v) is 18.8. The predicted molar refractivity (Wildman–Crippen MR) is 129 cm³/mol. The van der Waals surface area contributed by atoms with E-state index < -0.39 is 0 Å². The molecule has 0 aliphatic heterocycles. The molecule has 0 radical (unpaired) electrons. The minimum atomic E-state index is -0.364. The predicted octanol–water partition coefficient (Wildman–Crippen LogP) is 4.58. The van der Waals surface area contributed by atoms with Gasteiger partial charge in [0.05, 0.1) is 17.7 Å². The molecule has 174 valence electrons. The van der Waals surface area contributed by atoms with Crippen LogP contribution in [0.15, 0.2) is 63.8 Å². The molecular weight excluding hydrogens is 434 g/mol. The summed E-state index contributed by atoms with van der Waals surface area (Å²) >= 11 is 0. The van der Waals surface area contributed by atoms with Crippen molar-refractivity contribution < 1.29 is 13.9 Å². The van der Waals surface area contributed by atoms with Gasteiger partial charge in [-0.3, -0.25) is 9.59 Å². The van der Waals surface area contributed by atoms with Crippen LogP contribution in [-0.2, 0) is 4.79 Å². The van der Waals surface area contributed by atoms with E-state index in [0.29, 0.717) is 17.7 Å². The number of anilines is 1. The van der Waals surface area contributed by atoms with Crippen LogP contribution in [0.2, 0.25) is 0 Å². The second-order valence-corrected chi connectivity index (χ2v) is 7.69. The van der Waals surface area contributed by atoms with Crippen molar-refractivity contribution in [3.8, 4) is 17.3 Å². The molecule has 2 N–H and O–H groups in total. The van der Waals surface area contributed by atoms with E-state index in [2.05, 4.69) is 32.9 Å². The number of hydrogen-bond donors (Lipinski definition) is 2. The summed E-state index contributed by atoms with van der Waals surface area (Å²) in [6.45, 7) is 2.88. The van der Waals surface area contributed by atoms with Crippen molar-refractivity contribution >= 4 is 28.6 Å². The van der Waals surface area contributed by atoms with Gasteiger partial charge in [0.25, 0.3) is 0 Å². The van der Waals surface area contributed by atoms with Gasteiger partial charge in [0, 0.05) is 12.1 Å². The molecular formula is C25H25N5O4. The molecule has 2 aromatic heterocycles. The number of nitrogens with one attached hydrogen (secondary N) is 2. The molecule has 0 unspecified atom stereocenters. The number of ether oxygens (including phenoxy) is 1. The summed E-state index contributed by atoms with van der Waals surface area (Å²) in [7, 11) is 0. The number of nitrogens with zero attached hydrogens (tertiary/aromatic N) is 3. The van der Waals surface area contributed by atoms with Gasteiger partial charge in [-0.1, -0.05) is 44.4 Å². The lowest BCUT2D eigenvalue weighted by Crippen LogP contribution is -2.09. The number of benzene rings is 2. The standard InChI is InChI=1S/C25H25N5O4/c1-2-3-4-5-15-33-18-12-9-17(10-13-18)11-14-23(32)26-20-8-6-7-19-21(31)16-22(34-24(19)20)25-27-29-30-28-25/h6-14,16H,2-5,15H2,1H3,(H,26,32)(H,27,28,29,30)/b14-11+. The first kappa shape index (κ1) is 22.9. The lowest BCUT2D eigenvalue weighted by Gasteiger charge is -2.07. The smallest absolute Gasteiger partial charge is 0.248 e. The van der Waals surface area contributed by atoms with Crippen molar-refractivity contribution in [1.82, 2.24) is 20.6 Å². The summed E-state index contributed by atoms with van der Waals surface area (Å²) in [6.07, 6.45) is 7.75. The number of unbranched alkanes of at least 4 members (excludes halogenated alkanes) is 3. The maximum Gasteiger partial charge on any atom is 0.248 e. The lowest BCUT2D eigenvalue weighted by molar-refractivity contribution is -0.111. The Morgan fingerprint density at radius 2 is 2.00 bits per heavy atom. The van der Waals surface area contributed by atoms with Crippen molar-refractivity contribution in [2.24, 2.45) is 0 Å². The second kappa shape index (κ2) is 11.0. The molecule has 9 heteroatoms. The number of H-pyrrole nitrogens is 1. The number of amides is 1. The van der Waals surface area contributed by atoms with Crippen molar-refractivity contribution in [3.05, 3.63) is 70.4 Å². The van der Waals surface area contributed by atoms with Gasteiger partial charge in [-0.15, -0.1) is 10.2 Å². The van der Waals surface area contributed by atoms with Crippen molar-refractivity contribution in [2.75, 3.05) is 11.9 Å². The van der Waals surface area contributed by atoms with Crippen molar-refractivity contribution in [1.29, 1.82) is 0 Å². The first-order valence-corrected chi connectivity index (χ1v) is 11.2. The van der Waals surface area contributed by atoms with Gasteiger partial charge in [-0.05, 0) is 47.5 Å². The van der Waals surface area contributed by atoms with Crippen LogP contribution >= 0.6 is 0 Å². The monoisotopic (exact) mass is 459 g/mol. The highest BCUT2D eigenvalue weighted by Gasteiger charge is 2.14. The number of carbonyl (C=O) groups is 1. The van der Waals surface area contributed by atoms with E-state index in [0.717, 1.165) is 17.7 Å². The Balaban J connectivity index is 1.43. The average Bonchev–Trinajstić information content (AvgIpc) is 3.39. The largest absolute Gasteiger partial charge is 0.494 e. The quantitative estimate of drug-likeness (QED) is 0.263. The van der Waals surface area contributed by atoms with Crippen LogP contribution in [0.5, 0.6) is 5.75 Å². The Bertz CT molecular complexity index is 1330. The van der Waals surface area contributed by atoms with Crippen molar-refractivity contribution in [3.63, 3.8) is 0 Å². The molecule has 0 aliphatic carbocycles. The number of tetrazole rings is 1. The fourth-order valence-electron chi connectivity index (χ4n) is 3.39. The number of rotatable bonds is 10. The van der Waals surface area contributed by atoms with Crippen molar-refractivity contribution in [2.45, 2.75) is 32.6 Å². The third-order valence-corrected chi connectivity index (χ3v) is 5.15. The summed E-state index contributed by atoms with van der Waals surface area (Å²) in [6, 6.07) is 13.8. The van der Waals surface area contributed by atoms with Crippen LogP contribution in [0.1, 0.15) is 38.2 Å². The molecule has 4 aromatic rings. The van der Waals surface area contributed by atoms with Crippen LogP contribution in [0.4, 0.5) is 5.69 Å². The minimum absolute atomic E-state index is 0.147. The van der Waals surface area contributed by atoms with Crippen LogP contribution in [0.3, 0.4) is 0 Å². The molecule has 4 rings (SSSR count). The van der Waals surface area contributed by atoms with Gasteiger partial charge in [0.15, 0.2) is 16.8 Å². The number of aromatic nitrogens is 4. The van der Waals surface area contributed by atoms with Gasteiger partial charge < -0.3 is 14.5 Å².